The number of carbonyl (C=O) groups excluding carboxylic acids is 1. The number of hydrogen-bond acceptors (Lipinski definition) is 2. The molecule has 1 aliphatic rings. The molecule has 0 saturated heterocycles. The Morgan fingerprint density at radius 1 is 1.25 bits per heavy atom. The van der Waals surface area contributed by atoms with Gasteiger partial charge >= 0.3 is 0 Å². The molecule has 0 spiro atoms. The topological polar surface area (TPSA) is 32.3 Å². The Kier molecular flexibility index (Phi) is 5.53. The number of benzene rings is 1. The molecule has 20 heavy (non-hydrogen) atoms. The second-order valence-electron chi connectivity index (χ2n) is 5.47. The van der Waals surface area contributed by atoms with Gasteiger partial charge in [-0.15, -0.1) is 0 Å². The van der Waals surface area contributed by atoms with Gasteiger partial charge in [0.2, 0.25) is 5.91 Å². The molecule has 0 radical (unpaired) electrons. The largest absolute Gasteiger partial charge is 0.334 e. The second kappa shape index (κ2) is 7.39. The predicted molar refractivity (Wildman–Crippen MR) is 77.7 cm³/mol. The number of nitrogens with one attached hydrogen (secondary N) is 1. The number of likely N-dealkylation sites (N-methyl/N-ethyl adjacent to an activating group) is 1. The van der Waals surface area contributed by atoms with Crippen LogP contribution in [0.5, 0.6) is 0 Å². The molecule has 4 heteroatoms. The van der Waals surface area contributed by atoms with E-state index >= 15 is 0 Å². The van der Waals surface area contributed by atoms with Gasteiger partial charge in [-0.3, -0.25) is 4.79 Å². The Morgan fingerprint density at radius 2 is 1.90 bits per heavy atom. The molecule has 1 aromatic carbocycles. The van der Waals surface area contributed by atoms with E-state index in [9.17, 15) is 9.18 Å². The van der Waals surface area contributed by atoms with E-state index in [2.05, 4.69) is 5.32 Å². The molecule has 0 unspecified atom stereocenters. The third-order valence-electron chi connectivity index (χ3n) is 3.93. The van der Waals surface area contributed by atoms with Crippen LogP contribution in [0.25, 0.3) is 0 Å². The summed E-state index contributed by atoms with van der Waals surface area (Å²) in [5.41, 5.74) is 0.987. The molecule has 0 aromatic heterocycles. The van der Waals surface area contributed by atoms with Crippen LogP contribution in [0.2, 0.25) is 0 Å². The van der Waals surface area contributed by atoms with Crippen molar-refractivity contribution in [3.8, 4) is 0 Å². The van der Waals surface area contributed by atoms with E-state index in [-0.39, 0.29) is 11.7 Å². The van der Waals surface area contributed by atoms with Crippen LogP contribution < -0.4 is 5.32 Å². The van der Waals surface area contributed by atoms with Crippen LogP contribution in [-0.2, 0) is 11.3 Å². The lowest BCUT2D eigenvalue weighted by Gasteiger charge is -2.34. The average molecular weight is 278 g/mol. The molecule has 1 aromatic rings. The minimum absolute atomic E-state index is 0.128. The molecule has 0 heterocycles. The lowest BCUT2D eigenvalue weighted by Crippen LogP contribution is -2.44. The zero-order chi connectivity index (χ0) is 14.4. The second-order valence-corrected chi connectivity index (χ2v) is 5.47. The van der Waals surface area contributed by atoms with Gasteiger partial charge < -0.3 is 10.2 Å². The van der Waals surface area contributed by atoms with E-state index in [0.717, 1.165) is 18.4 Å². The minimum Gasteiger partial charge on any atom is -0.334 e. The van der Waals surface area contributed by atoms with Crippen molar-refractivity contribution < 1.29 is 9.18 Å². The third kappa shape index (κ3) is 4.04. The molecule has 1 N–H and O–H groups in total. The van der Waals surface area contributed by atoms with E-state index in [1.165, 1.54) is 31.4 Å². The molecule has 1 amide bonds. The molecule has 2 rings (SSSR count). The standard InChI is InChI=1S/C16H23FN2O/c1-18-11-16(20)19(15-5-3-2-4-6-15)12-13-7-9-14(17)10-8-13/h7-10,15,18H,2-6,11-12H2,1H3. The molecule has 3 nitrogen and oxygen atoms in total. The van der Waals surface area contributed by atoms with Gasteiger partial charge in [0, 0.05) is 12.6 Å². The highest BCUT2D eigenvalue weighted by Crippen LogP contribution is 2.24. The summed E-state index contributed by atoms with van der Waals surface area (Å²) in [4.78, 5) is 14.3. The molecular weight excluding hydrogens is 255 g/mol. The first kappa shape index (κ1) is 15.0. The molecule has 0 bridgehead atoms. The Labute approximate surface area is 120 Å². The van der Waals surface area contributed by atoms with Gasteiger partial charge in [0.15, 0.2) is 0 Å². The van der Waals surface area contributed by atoms with Crippen molar-refractivity contribution in [3.05, 3.63) is 35.6 Å². The van der Waals surface area contributed by atoms with E-state index in [1.54, 1.807) is 19.2 Å². The molecule has 1 saturated carbocycles. The lowest BCUT2D eigenvalue weighted by molar-refractivity contribution is -0.133. The first-order chi connectivity index (χ1) is 9.70. The van der Waals surface area contributed by atoms with Gasteiger partial charge in [0.1, 0.15) is 5.82 Å². The summed E-state index contributed by atoms with van der Waals surface area (Å²) in [6.07, 6.45) is 5.81. The van der Waals surface area contributed by atoms with E-state index in [0.29, 0.717) is 19.1 Å². The summed E-state index contributed by atoms with van der Waals surface area (Å²) in [5, 5.41) is 2.93. The first-order valence-corrected chi connectivity index (χ1v) is 7.39. The number of rotatable bonds is 5. The van der Waals surface area contributed by atoms with Crippen molar-refractivity contribution in [1.82, 2.24) is 10.2 Å². The van der Waals surface area contributed by atoms with Crippen LogP contribution in [0.3, 0.4) is 0 Å². The number of carbonyl (C=O) groups is 1. The van der Waals surface area contributed by atoms with E-state index in [1.807, 2.05) is 4.90 Å². The number of amides is 1. The molecule has 1 aliphatic carbocycles. The van der Waals surface area contributed by atoms with Crippen LogP contribution in [0.1, 0.15) is 37.7 Å². The Morgan fingerprint density at radius 3 is 2.50 bits per heavy atom. The van der Waals surface area contributed by atoms with Gasteiger partial charge in [-0.25, -0.2) is 4.39 Å². The van der Waals surface area contributed by atoms with Crippen molar-refractivity contribution in [2.75, 3.05) is 13.6 Å². The monoisotopic (exact) mass is 278 g/mol. The highest BCUT2D eigenvalue weighted by molar-refractivity contribution is 5.78. The van der Waals surface area contributed by atoms with Gasteiger partial charge in [-0.05, 0) is 37.6 Å². The fourth-order valence-corrected chi connectivity index (χ4v) is 2.85. The maximum absolute atomic E-state index is 13.0. The van der Waals surface area contributed by atoms with E-state index in [4.69, 9.17) is 0 Å². The van der Waals surface area contributed by atoms with E-state index < -0.39 is 0 Å². The number of nitrogens with zero attached hydrogens (tertiary/aromatic N) is 1. The fourth-order valence-electron chi connectivity index (χ4n) is 2.85. The molecule has 1 fully saturated rings. The predicted octanol–water partition coefficient (Wildman–Crippen LogP) is 2.71. The van der Waals surface area contributed by atoms with Crippen molar-refractivity contribution in [1.29, 1.82) is 0 Å². The quantitative estimate of drug-likeness (QED) is 0.898. The summed E-state index contributed by atoms with van der Waals surface area (Å²) in [5.74, 6) is -0.108. The van der Waals surface area contributed by atoms with Crippen LogP contribution in [0.4, 0.5) is 4.39 Å². The van der Waals surface area contributed by atoms with Crippen LogP contribution in [-0.4, -0.2) is 30.4 Å². The lowest BCUT2D eigenvalue weighted by atomic mass is 9.93. The minimum atomic E-state index is -0.237. The van der Waals surface area contributed by atoms with Crippen molar-refractivity contribution in [3.63, 3.8) is 0 Å². The maximum atomic E-state index is 13.0. The zero-order valence-corrected chi connectivity index (χ0v) is 12.1. The molecule has 0 aliphatic heterocycles. The van der Waals surface area contributed by atoms with Crippen LogP contribution >= 0.6 is 0 Å². The van der Waals surface area contributed by atoms with Gasteiger partial charge in [0.25, 0.3) is 0 Å². The summed E-state index contributed by atoms with van der Waals surface area (Å²) >= 11 is 0. The summed E-state index contributed by atoms with van der Waals surface area (Å²) in [6.45, 7) is 0.934. The average Bonchev–Trinajstić information content (AvgIpc) is 2.48. The van der Waals surface area contributed by atoms with Gasteiger partial charge in [0.05, 0.1) is 6.54 Å². The van der Waals surface area contributed by atoms with Gasteiger partial charge in [-0.1, -0.05) is 31.4 Å². The molecule has 110 valence electrons. The Hall–Kier alpha value is -1.42. The highest BCUT2D eigenvalue weighted by atomic mass is 19.1. The third-order valence-corrected chi connectivity index (χ3v) is 3.93. The van der Waals surface area contributed by atoms with Crippen molar-refractivity contribution in [2.24, 2.45) is 0 Å². The summed E-state index contributed by atoms with van der Waals surface area (Å²) in [6, 6.07) is 6.76. The van der Waals surface area contributed by atoms with Crippen LogP contribution in [0.15, 0.2) is 24.3 Å². The summed E-state index contributed by atoms with van der Waals surface area (Å²) < 4.78 is 13.0. The smallest absolute Gasteiger partial charge is 0.237 e. The zero-order valence-electron chi connectivity index (χ0n) is 12.1. The molecular formula is C16H23FN2O. The van der Waals surface area contributed by atoms with Crippen molar-refractivity contribution in [2.45, 2.75) is 44.7 Å². The first-order valence-electron chi connectivity index (χ1n) is 7.39. The van der Waals surface area contributed by atoms with Crippen LogP contribution in [0, 0.1) is 5.82 Å². The normalized spacial score (nSPS) is 16.1. The van der Waals surface area contributed by atoms with Gasteiger partial charge in [-0.2, -0.15) is 0 Å². The Bertz CT molecular complexity index is 427. The number of hydrogen-bond donors (Lipinski definition) is 1. The highest BCUT2D eigenvalue weighted by Gasteiger charge is 2.24. The SMILES string of the molecule is CNCC(=O)N(Cc1ccc(F)cc1)C1CCCCC1. The molecule has 0 atom stereocenters. The Balaban J connectivity index is 2.08. The number of halogens is 1. The maximum Gasteiger partial charge on any atom is 0.237 e. The summed E-state index contributed by atoms with van der Waals surface area (Å²) in [7, 11) is 1.79. The van der Waals surface area contributed by atoms with Crippen molar-refractivity contribution >= 4 is 5.91 Å². The fraction of sp³-hybridized carbons (Fsp3) is 0.562.